The summed E-state index contributed by atoms with van der Waals surface area (Å²) in [5, 5.41) is 0. The summed E-state index contributed by atoms with van der Waals surface area (Å²) in [6.07, 6.45) is 7.75. The lowest BCUT2D eigenvalue weighted by Gasteiger charge is -2.16. The first-order chi connectivity index (χ1) is 12.3. The minimum atomic E-state index is -0.204. The van der Waals surface area contributed by atoms with Gasteiger partial charge in [0.25, 0.3) is 0 Å². The third-order valence-corrected chi connectivity index (χ3v) is 4.51. The van der Waals surface area contributed by atoms with Gasteiger partial charge in [-0.2, -0.15) is 0 Å². The van der Waals surface area contributed by atoms with Crippen LogP contribution in [0.4, 0.5) is 4.39 Å². The zero-order valence-corrected chi connectivity index (χ0v) is 14.4. The molecule has 1 unspecified atom stereocenters. The van der Waals surface area contributed by atoms with E-state index >= 15 is 0 Å². The van der Waals surface area contributed by atoms with Crippen molar-refractivity contribution in [1.82, 2.24) is 9.97 Å². The maximum absolute atomic E-state index is 13.2. The van der Waals surface area contributed by atoms with Crippen LogP contribution in [0, 0.1) is 5.82 Å². The molecule has 1 N–H and O–H groups in total. The molecule has 1 heterocycles. The highest BCUT2D eigenvalue weighted by molar-refractivity contribution is 5.29. The van der Waals surface area contributed by atoms with Gasteiger partial charge in [0, 0.05) is 17.8 Å². The summed E-state index contributed by atoms with van der Waals surface area (Å²) in [4.78, 5) is 7.34. The summed E-state index contributed by atoms with van der Waals surface area (Å²) in [7, 11) is 1.69. The van der Waals surface area contributed by atoms with E-state index in [9.17, 15) is 4.39 Å². The fourth-order valence-corrected chi connectivity index (χ4v) is 3.16. The topological polar surface area (TPSA) is 37.9 Å². The summed E-state index contributed by atoms with van der Waals surface area (Å²) < 4.78 is 18.5. The first-order valence-electron chi connectivity index (χ1n) is 8.63. The van der Waals surface area contributed by atoms with Gasteiger partial charge in [0.2, 0.25) is 0 Å². The molecule has 0 radical (unpaired) electrons. The van der Waals surface area contributed by atoms with Crippen LogP contribution in [0.5, 0.6) is 5.75 Å². The van der Waals surface area contributed by atoms with Gasteiger partial charge in [0.1, 0.15) is 11.6 Å². The zero-order valence-electron chi connectivity index (χ0n) is 14.4. The van der Waals surface area contributed by atoms with Crippen LogP contribution < -0.4 is 4.74 Å². The molecule has 0 aliphatic rings. The van der Waals surface area contributed by atoms with Crippen molar-refractivity contribution in [3.05, 3.63) is 83.7 Å². The normalized spacial score (nSPS) is 12.1. The van der Waals surface area contributed by atoms with E-state index in [0.717, 1.165) is 42.7 Å². The molecular weight excluding hydrogens is 315 g/mol. The zero-order chi connectivity index (χ0) is 17.5. The highest BCUT2D eigenvalue weighted by atomic mass is 19.1. The van der Waals surface area contributed by atoms with Gasteiger partial charge in [0.05, 0.1) is 13.4 Å². The molecular formula is C21H23FN2O. The predicted octanol–water partition coefficient (Wildman–Crippen LogP) is 5.10. The van der Waals surface area contributed by atoms with Crippen LogP contribution in [0.2, 0.25) is 0 Å². The number of aromatic nitrogens is 2. The van der Waals surface area contributed by atoms with Crippen LogP contribution in [0.25, 0.3) is 0 Å². The van der Waals surface area contributed by atoms with Crippen LogP contribution in [0.3, 0.4) is 0 Å². The molecule has 25 heavy (non-hydrogen) atoms. The smallest absolute Gasteiger partial charge is 0.123 e. The van der Waals surface area contributed by atoms with Gasteiger partial charge in [-0.1, -0.05) is 30.7 Å². The number of imidazole rings is 1. The van der Waals surface area contributed by atoms with Gasteiger partial charge >= 0.3 is 0 Å². The number of ether oxygens (including phenoxy) is 1. The number of rotatable bonds is 8. The second-order valence-electron chi connectivity index (χ2n) is 6.21. The van der Waals surface area contributed by atoms with E-state index in [1.807, 2.05) is 30.5 Å². The van der Waals surface area contributed by atoms with Crippen LogP contribution in [-0.2, 0) is 6.42 Å². The monoisotopic (exact) mass is 338 g/mol. The lowest BCUT2D eigenvalue weighted by molar-refractivity contribution is 0.414. The van der Waals surface area contributed by atoms with Crippen molar-refractivity contribution >= 4 is 0 Å². The van der Waals surface area contributed by atoms with Gasteiger partial charge in [-0.3, -0.25) is 0 Å². The van der Waals surface area contributed by atoms with Crippen molar-refractivity contribution in [3.8, 4) is 5.75 Å². The molecule has 1 aromatic heterocycles. The first-order valence-corrected chi connectivity index (χ1v) is 8.63. The summed E-state index contributed by atoms with van der Waals surface area (Å²) >= 11 is 0. The quantitative estimate of drug-likeness (QED) is 0.580. The molecule has 3 nitrogen and oxygen atoms in total. The van der Waals surface area contributed by atoms with E-state index in [1.54, 1.807) is 13.4 Å². The average Bonchev–Trinajstić information content (AvgIpc) is 3.17. The van der Waals surface area contributed by atoms with Gasteiger partial charge in [-0.25, -0.2) is 9.37 Å². The molecule has 3 rings (SSSR count). The molecule has 0 saturated heterocycles. The first kappa shape index (κ1) is 17.2. The Balaban J connectivity index is 1.60. The number of methoxy groups -OCH3 is 1. The number of nitrogens with one attached hydrogen (secondary N) is 1. The van der Waals surface area contributed by atoms with E-state index in [0.29, 0.717) is 0 Å². The Kier molecular flexibility index (Phi) is 5.83. The van der Waals surface area contributed by atoms with Crippen LogP contribution >= 0.6 is 0 Å². The Hall–Kier alpha value is -2.62. The maximum atomic E-state index is 13.2. The number of nitrogens with zero attached hydrogens (tertiary/aromatic N) is 1. The molecule has 4 heteroatoms. The van der Waals surface area contributed by atoms with E-state index < -0.39 is 0 Å². The number of aryl methyl sites for hydroxylation is 1. The Morgan fingerprint density at radius 2 is 1.96 bits per heavy atom. The highest BCUT2D eigenvalue weighted by Gasteiger charge is 2.15. The van der Waals surface area contributed by atoms with Crippen molar-refractivity contribution < 1.29 is 9.13 Å². The van der Waals surface area contributed by atoms with Gasteiger partial charge < -0.3 is 9.72 Å². The molecule has 0 bridgehead atoms. The minimum Gasteiger partial charge on any atom is -0.497 e. The van der Waals surface area contributed by atoms with Gasteiger partial charge in [-0.05, 0) is 54.7 Å². The molecule has 0 saturated carbocycles. The fourth-order valence-electron chi connectivity index (χ4n) is 3.16. The molecule has 2 aromatic carbocycles. The Morgan fingerprint density at radius 3 is 2.68 bits per heavy atom. The van der Waals surface area contributed by atoms with Gasteiger partial charge in [0.15, 0.2) is 0 Å². The maximum Gasteiger partial charge on any atom is 0.123 e. The fraction of sp³-hybridized carbons (Fsp3) is 0.286. The summed E-state index contributed by atoms with van der Waals surface area (Å²) in [6, 6.07) is 15.0. The molecule has 0 spiro atoms. The predicted molar refractivity (Wildman–Crippen MR) is 97.4 cm³/mol. The second kappa shape index (κ2) is 8.47. The number of hydrogen-bond acceptors (Lipinski definition) is 2. The average molecular weight is 338 g/mol. The molecule has 0 amide bonds. The van der Waals surface area contributed by atoms with Gasteiger partial charge in [-0.15, -0.1) is 0 Å². The Bertz CT molecular complexity index is 769. The number of benzene rings is 2. The van der Waals surface area contributed by atoms with Crippen molar-refractivity contribution in [2.75, 3.05) is 7.11 Å². The van der Waals surface area contributed by atoms with E-state index in [4.69, 9.17) is 4.74 Å². The second-order valence-corrected chi connectivity index (χ2v) is 6.21. The summed E-state index contributed by atoms with van der Waals surface area (Å²) in [6.45, 7) is 0. The van der Waals surface area contributed by atoms with Crippen molar-refractivity contribution in [2.24, 2.45) is 0 Å². The third kappa shape index (κ3) is 4.69. The standard InChI is InChI=1S/C21H23FN2O/c1-25-19-7-4-6-16(13-19)5-2-3-8-20(21-14-23-15-24-21)17-9-11-18(22)12-10-17/h4,6-7,9-15,20H,2-3,5,8H2,1H3,(H,23,24). The molecule has 0 aliphatic carbocycles. The number of hydrogen-bond donors (Lipinski definition) is 1. The Morgan fingerprint density at radius 1 is 1.12 bits per heavy atom. The third-order valence-electron chi connectivity index (χ3n) is 4.51. The van der Waals surface area contributed by atoms with Crippen molar-refractivity contribution in [3.63, 3.8) is 0 Å². The number of H-pyrrole nitrogens is 1. The molecule has 130 valence electrons. The van der Waals surface area contributed by atoms with E-state index in [2.05, 4.69) is 22.1 Å². The van der Waals surface area contributed by atoms with Crippen LogP contribution in [-0.4, -0.2) is 17.1 Å². The highest BCUT2D eigenvalue weighted by Crippen LogP contribution is 2.29. The summed E-state index contributed by atoms with van der Waals surface area (Å²) in [5.41, 5.74) is 3.49. The lowest BCUT2D eigenvalue weighted by Crippen LogP contribution is -2.02. The van der Waals surface area contributed by atoms with E-state index in [-0.39, 0.29) is 11.7 Å². The van der Waals surface area contributed by atoms with Crippen molar-refractivity contribution in [1.29, 1.82) is 0 Å². The largest absolute Gasteiger partial charge is 0.497 e. The van der Waals surface area contributed by atoms with Crippen LogP contribution in [0.15, 0.2) is 61.1 Å². The van der Waals surface area contributed by atoms with Crippen LogP contribution in [0.1, 0.15) is 42.0 Å². The molecule has 0 fully saturated rings. The lowest BCUT2D eigenvalue weighted by atomic mass is 9.90. The molecule has 0 aliphatic heterocycles. The SMILES string of the molecule is COc1cccc(CCCCC(c2ccc(F)cc2)c2cnc[nH]2)c1. The molecule has 3 aromatic rings. The number of halogens is 1. The Labute approximate surface area is 147 Å². The van der Waals surface area contributed by atoms with E-state index in [1.165, 1.54) is 17.7 Å². The van der Waals surface area contributed by atoms with Crippen molar-refractivity contribution in [2.45, 2.75) is 31.6 Å². The summed E-state index contributed by atoms with van der Waals surface area (Å²) in [5.74, 6) is 0.915. The number of unbranched alkanes of at least 4 members (excludes halogenated alkanes) is 1. The number of aromatic amines is 1. The molecule has 1 atom stereocenters. The minimum absolute atomic E-state index is 0.204.